The molecule has 0 bridgehead atoms. The quantitative estimate of drug-likeness (QED) is 0.720. The lowest BCUT2D eigenvalue weighted by Crippen LogP contribution is -2.54. The normalized spacial score (nSPS) is 26.3. The lowest BCUT2D eigenvalue weighted by Gasteiger charge is -2.44. The molecule has 29 heavy (non-hydrogen) atoms. The van der Waals surface area contributed by atoms with Gasteiger partial charge in [0, 0.05) is 16.8 Å². The van der Waals surface area contributed by atoms with Gasteiger partial charge in [0.05, 0.1) is 11.3 Å². The number of nitrogens with zero attached hydrogens (tertiary/aromatic N) is 3. The highest BCUT2D eigenvalue weighted by Gasteiger charge is 2.64. The highest BCUT2D eigenvalue weighted by Crippen LogP contribution is 2.61. The Morgan fingerprint density at radius 1 is 1.38 bits per heavy atom. The summed E-state index contributed by atoms with van der Waals surface area (Å²) >= 11 is 0. The second-order valence-electron chi connectivity index (χ2n) is 9.04. The van der Waals surface area contributed by atoms with E-state index < -0.39 is 11.0 Å². The fraction of sp³-hybridized carbons (Fsp3) is 0.409. The van der Waals surface area contributed by atoms with Crippen molar-refractivity contribution in [3.63, 3.8) is 0 Å². The number of nitriles is 1. The molecule has 2 aromatic rings. The first-order valence-corrected chi connectivity index (χ1v) is 9.78. The zero-order valence-electron chi connectivity index (χ0n) is 17.2. The molecule has 0 radical (unpaired) electrons. The maximum absolute atomic E-state index is 14.3. The summed E-state index contributed by atoms with van der Waals surface area (Å²) in [6, 6.07) is 6.36. The third-order valence-corrected chi connectivity index (χ3v) is 6.61. The van der Waals surface area contributed by atoms with Crippen LogP contribution in [-0.4, -0.2) is 21.6 Å². The van der Waals surface area contributed by atoms with Crippen LogP contribution < -0.4 is 15.4 Å². The first kappa shape index (κ1) is 17.8. The molecule has 0 unspecified atom stereocenters. The average molecular weight is 389 g/mol. The van der Waals surface area contributed by atoms with Crippen LogP contribution in [0.3, 0.4) is 0 Å². The fourth-order valence-electron chi connectivity index (χ4n) is 5.64. The van der Waals surface area contributed by atoms with Gasteiger partial charge in [0.1, 0.15) is 17.1 Å². The van der Waals surface area contributed by atoms with Gasteiger partial charge in [-0.1, -0.05) is 24.6 Å². The van der Waals surface area contributed by atoms with Gasteiger partial charge in [-0.15, -0.1) is 5.10 Å². The number of carbonyl (C=O) groups is 1. The molecule has 1 amide bonds. The summed E-state index contributed by atoms with van der Waals surface area (Å²) < 4.78 is 5.65. The van der Waals surface area contributed by atoms with E-state index in [9.17, 15) is 10.1 Å². The molecule has 3 aliphatic heterocycles. The number of hydrogen-bond donors (Lipinski definition) is 2. The Balaban J connectivity index is 2.00. The van der Waals surface area contributed by atoms with Crippen LogP contribution in [0.1, 0.15) is 61.1 Å². The third kappa shape index (κ3) is 1.87. The van der Waals surface area contributed by atoms with Crippen LogP contribution in [0.2, 0.25) is 0 Å². The van der Waals surface area contributed by atoms with Crippen molar-refractivity contribution in [2.45, 2.75) is 57.9 Å². The van der Waals surface area contributed by atoms with Crippen LogP contribution in [0.15, 0.2) is 23.6 Å². The van der Waals surface area contributed by atoms with Crippen molar-refractivity contribution in [3.05, 3.63) is 51.5 Å². The topological polar surface area (TPSA) is 108 Å². The van der Waals surface area contributed by atoms with Crippen molar-refractivity contribution in [3.8, 4) is 11.9 Å². The first-order valence-electron chi connectivity index (χ1n) is 9.78. The van der Waals surface area contributed by atoms with Gasteiger partial charge in [0.25, 0.3) is 0 Å². The smallest absolute Gasteiger partial charge is 0.248 e. The maximum Gasteiger partial charge on any atom is 0.248 e. The van der Waals surface area contributed by atoms with Crippen molar-refractivity contribution in [1.82, 2.24) is 10.2 Å². The number of hydrogen-bond acceptors (Lipinski definition) is 5. The summed E-state index contributed by atoms with van der Waals surface area (Å²) in [6.45, 7) is 10.2. The highest BCUT2D eigenvalue weighted by molar-refractivity contribution is 6.16. The molecule has 7 nitrogen and oxygen atoms in total. The maximum atomic E-state index is 14.3. The molecule has 7 heteroatoms. The summed E-state index contributed by atoms with van der Waals surface area (Å²) in [4.78, 5) is 16.2. The van der Waals surface area contributed by atoms with Crippen LogP contribution in [0, 0.1) is 25.2 Å². The van der Waals surface area contributed by atoms with Crippen molar-refractivity contribution in [2.75, 3.05) is 4.90 Å². The summed E-state index contributed by atoms with van der Waals surface area (Å²) in [5.74, 6) is 0.313. The number of nitrogens with one attached hydrogen (secondary N) is 1. The number of ether oxygens (including phenoxy) is 1. The molecule has 3 N–H and O–H groups in total. The number of rotatable bonds is 0. The molecule has 148 valence electrons. The van der Waals surface area contributed by atoms with Crippen LogP contribution >= 0.6 is 0 Å². The van der Waals surface area contributed by atoms with Crippen LogP contribution in [0.4, 0.5) is 5.69 Å². The molecular formula is C22H23N5O2. The lowest BCUT2D eigenvalue weighted by molar-refractivity contribution is -0.122. The van der Waals surface area contributed by atoms with Crippen molar-refractivity contribution in [1.29, 1.82) is 5.26 Å². The van der Waals surface area contributed by atoms with E-state index in [1.807, 2.05) is 24.8 Å². The van der Waals surface area contributed by atoms with Gasteiger partial charge in [-0.3, -0.25) is 9.89 Å². The number of anilines is 1. The lowest BCUT2D eigenvalue weighted by atomic mass is 9.68. The highest BCUT2D eigenvalue weighted by atomic mass is 16.5. The Labute approximate surface area is 169 Å². The van der Waals surface area contributed by atoms with Gasteiger partial charge < -0.3 is 15.4 Å². The number of H-pyrrole nitrogens is 1. The van der Waals surface area contributed by atoms with E-state index in [1.165, 1.54) is 0 Å². The van der Waals surface area contributed by atoms with E-state index >= 15 is 0 Å². The van der Waals surface area contributed by atoms with E-state index in [0.29, 0.717) is 11.3 Å². The SMILES string of the molecule is Cc1cc2c3c(c1)[C@@]1(C(=O)N3C(C)(C)C[C@H]2C)C(C#N)=C(N)Oc2n[nH]c(C)c21. The van der Waals surface area contributed by atoms with Crippen molar-refractivity contribution in [2.24, 2.45) is 5.73 Å². The monoisotopic (exact) mass is 389 g/mol. The summed E-state index contributed by atoms with van der Waals surface area (Å²) in [5.41, 5.74) is 9.70. The minimum absolute atomic E-state index is 0.0687. The number of aryl methyl sites for hydroxylation is 2. The van der Waals surface area contributed by atoms with Gasteiger partial charge in [0.15, 0.2) is 0 Å². The molecule has 2 atom stereocenters. The molecule has 0 saturated heterocycles. The first-order chi connectivity index (χ1) is 13.6. The van der Waals surface area contributed by atoms with E-state index in [-0.39, 0.29) is 29.2 Å². The second-order valence-corrected chi connectivity index (χ2v) is 9.04. The second kappa shape index (κ2) is 5.20. The molecule has 3 aliphatic rings. The van der Waals surface area contributed by atoms with E-state index in [0.717, 1.165) is 28.8 Å². The molecule has 0 fully saturated rings. The molecule has 4 heterocycles. The minimum Gasteiger partial charge on any atom is -0.420 e. The minimum atomic E-state index is -1.35. The number of carbonyl (C=O) groups excluding carboxylic acids is 1. The van der Waals surface area contributed by atoms with Gasteiger partial charge in [0.2, 0.25) is 17.7 Å². The Morgan fingerprint density at radius 2 is 2.10 bits per heavy atom. The Hall–Kier alpha value is -3.27. The third-order valence-electron chi connectivity index (χ3n) is 6.61. The number of amides is 1. The predicted octanol–water partition coefficient (Wildman–Crippen LogP) is 3.03. The van der Waals surface area contributed by atoms with Gasteiger partial charge >= 0.3 is 0 Å². The van der Waals surface area contributed by atoms with E-state index in [1.54, 1.807) is 0 Å². The zero-order chi connectivity index (χ0) is 20.9. The molecule has 5 rings (SSSR count). The number of aromatic amines is 1. The summed E-state index contributed by atoms with van der Waals surface area (Å²) in [6.07, 6.45) is 0.833. The fourth-order valence-corrected chi connectivity index (χ4v) is 5.64. The molecule has 1 aromatic carbocycles. The molecule has 0 aliphatic carbocycles. The predicted molar refractivity (Wildman–Crippen MR) is 107 cm³/mol. The summed E-state index contributed by atoms with van der Waals surface area (Å²) in [5, 5.41) is 17.3. The standard InChI is InChI=1S/C22H23N5O2/c1-10-6-13-11(2)8-21(4,5)27-17(13)14(7-10)22(20(27)28)15(9-23)18(24)29-19-16(22)12(3)25-26-19/h6-7,11H,8,24H2,1-5H3,(H,25,26)/t11-,22-/m1/s1. The summed E-state index contributed by atoms with van der Waals surface area (Å²) in [7, 11) is 0. The van der Waals surface area contributed by atoms with Gasteiger partial charge in [-0.2, -0.15) is 5.26 Å². The van der Waals surface area contributed by atoms with Crippen LogP contribution in [0.25, 0.3) is 0 Å². The largest absolute Gasteiger partial charge is 0.420 e. The molecular weight excluding hydrogens is 366 g/mol. The number of aromatic nitrogens is 2. The van der Waals surface area contributed by atoms with Crippen molar-refractivity contribution < 1.29 is 9.53 Å². The Morgan fingerprint density at radius 3 is 2.79 bits per heavy atom. The number of benzene rings is 1. The Kier molecular flexibility index (Phi) is 3.19. The number of fused-ring (bicyclic) bond motifs is 3. The molecule has 1 spiro atoms. The van der Waals surface area contributed by atoms with E-state index in [4.69, 9.17) is 10.5 Å². The average Bonchev–Trinajstić information content (AvgIpc) is 3.11. The zero-order valence-corrected chi connectivity index (χ0v) is 17.2. The van der Waals surface area contributed by atoms with Crippen LogP contribution in [0.5, 0.6) is 5.88 Å². The van der Waals surface area contributed by atoms with E-state index in [2.05, 4.69) is 43.1 Å². The van der Waals surface area contributed by atoms with Crippen LogP contribution in [-0.2, 0) is 10.2 Å². The van der Waals surface area contributed by atoms with Gasteiger partial charge in [-0.25, -0.2) is 0 Å². The number of nitrogens with two attached hydrogens (primary N) is 1. The molecule has 1 aromatic heterocycles. The van der Waals surface area contributed by atoms with Crippen molar-refractivity contribution >= 4 is 11.6 Å². The Bertz CT molecular complexity index is 1180. The van der Waals surface area contributed by atoms with Gasteiger partial charge in [-0.05, 0) is 45.6 Å². The molecule has 0 saturated carbocycles.